The van der Waals surface area contributed by atoms with Crippen molar-refractivity contribution in [2.45, 2.75) is 32.3 Å². The van der Waals surface area contributed by atoms with Crippen LogP contribution in [0.25, 0.3) is 0 Å². The molecule has 0 aromatic heterocycles. The summed E-state index contributed by atoms with van der Waals surface area (Å²) in [6.45, 7) is 4.79. The summed E-state index contributed by atoms with van der Waals surface area (Å²) in [4.78, 5) is 13.7. The highest BCUT2D eigenvalue weighted by molar-refractivity contribution is 6.35. The molecular weight excluding hydrogens is 297 g/mol. The molecule has 1 saturated heterocycles. The van der Waals surface area contributed by atoms with Gasteiger partial charge in [0.25, 0.3) is 0 Å². The summed E-state index contributed by atoms with van der Waals surface area (Å²) in [6, 6.07) is 5.30. The summed E-state index contributed by atoms with van der Waals surface area (Å²) in [6.07, 6.45) is 0.987. The summed E-state index contributed by atoms with van der Waals surface area (Å²) < 4.78 is 0. The number of aryl methyl sites for hydroxylation is 1. The molecule has 1 aromatic carbocycles. The number of hydrogen-bond donors (Lipinski definition) is 1. The van der Waals surface area contributed by atoms with Crippen LogP contribution in [0.5, 0.6) is 0 Å². The lowest BCUT2D eigenvalue weighted by Crippen LogP contribution is -2.65. The Kier molecular flexibility index (Phi) is 4.62. The van der Waals surface area contributed by atoms with E-state index in [9.17, 15) is 9.90 Å². The van der Waals surface area contributed by atoms with E-state index in [2.05, 4.69) is 0 Å². The standard InChI is InChI=1S/C15H19Cl2NO2/c1-10(2)15(20)8-18(9-15)14(19)6-4-11-3-5-12(16)7-13(11)17/h3,5,7,10,20H,4,6,8-9H2,1-2H3. The first-order valence-electron chi connectivity index (χ1n) is 6.76. The van der Waals surface area contributed by atoms with Gasteiger partial charge in [-0.3, -0.25) is 4.79 Å². The molecular formula is C15H19Cl2NO2. The van der Waals surface area contributed by atoms with E-state index in [1.807, 2.05) is 19.9 Å². The molecule has 1 aromatic rings. The van der Waals surface area contributed by atoms with E-state index in [4.69, 9.17) is 23.2 Å². The maximum absolute atomic E-state index is 12.0. The largest absolute Gasteiger partial charge is 0.386 e. The highest BCUT2D eigenvalue weighted by atomic mass is 35.5. The Morgan fingerprint density at radius 1 is 1.40 bits per heavy atom. The van der Waals surface area contributed by atoms with Crippen molar-refractivity contribution in [2.24, 2.45) is 5.92 Å². The third kappa shape index (κ3) is 3.27. The quantitative estimate of drug-likeness (QED) is 0.927. The Bertz CT molecular complexity index is 511. The number of carbonyl (C=O) groups is 1. The number of aliphatic hydroxyl groups is 1. The molecule has 0 radical (unpaired) electrons. The Labute approximate surface area is 129 Å². The van der Waals surface area contributed by atoms with Crippen molar-refractivity contribution in [3.05, 3.63) is 33.8 Å². The van der Waals surface area contributed by atoms with Crippen molar-refractivity contribution in [3.63, 3.8) is 0 Å². The van der Waals surface area contributed by atoms with Gasteiger partial charge < -0.3 is 10.0 Å². The van der Waals surface area contributed by atoms with Crippen molar-refractivity contribution < 1.29 is 9.90 Å². The zero-order valence-corrected chi connectivity index (χ0v) is 13.2. The number of hydrogen-bond acceptors (Lipinski definition) is 2. The van der Waals surface area contributed by atoms with Gasteiger partial charge in [0.15, 0.2) is 0 Å². The SMILES string of the molecule is CC(C)C1(O)CN(C(=O)CCc2ccc(Cl)cc2Cl)C1. The number of halogens is 2. The van der Waals surface area contributed by atoms with Crippen LogP contribution < -0.4 is 0 Å². The van der Waals surface area contributed by atoms with Gasteiger partial charge in [0.1, 0.15) is 5.60 Å². The second-order valence-electron chi connectivity index (χ2n) is 5.74. The maximum atomic E-state index is 12.0. The summed E-state index contributed by atoms with van der Waals surface area (Å²) in [5.41, 5.74) is 0.206. The van der Waals surface area contributed by atoms with Crippen LogP contribution in [-0.4, -0.2) is 34.6 Å². The van der Waals surface area contributed by atoms with Gasteiger partial charge in [0.05, 0.1) is 13.1 Å². The van der Waals surface area contributed by atoms with Gasteiger partial charge in [-0.25, -0.2) is 0 Å². The predicted octanol–water partition coefficient (Wildman–Crippen LogP) is 3.16. The van der Waals surface area contributed by atoms with Crippen molar-refractivity contribution in [1.82, 2.24) is 4.90 Å². The van der Waals surface area contributed by atoms with Crippen LogP contribution in [0.2, 0.25) is 10.0 Å². The Morgan fingerprint density at radius 2 is 2.05 bits per heavy atom. The highest BCUT2D eigenvalue weighted by Gasteiger charge is 2.45. The molecule has 20 heavy (non-hydrogen) atoms. The van der Waals surface area contributed by atoms with E-state index >= 15 is 0 Å². The van der Waals surface area contributed by atoms with E-state index in [1.54, 1.807) is 17.0 Å². The topological polar surface area (TPSA) is 40.5 Å². The van der Waals surface area contributed by atoms with E-state index < -0.39 is 5.60 Å². The van der Waals surface area contributed by atoms with Gasteiger partial charge in [-0.2, -0.15) is 0 Å². The van der Waals surface area contributed by atoms with Crippen molar-refractivity contribution >= 4 is 29.1 Å². The number of rotatable bonds is 4. The van der Waals surface area contributed by atoms with E-state index in [1.165, 1.54) is 0 Å². The smallest absolute Gasteiger partial charge is 0.223 e. The summed E-state index contributed by atoms with van der Waals surface area (Å²) in [7, 11) is 0. The first kappa shape index (κ1) is 15.6. The molecule has 5 heteroatoms. The van der Waals surface area contributed by atoms with E-state index in [0.717, 1.165) is 5.56 Å². The normalized spacial score (nSPS) is 17.2. The van der Waals surface area contributed by atoms with Gasteiger partial charge in [-0.15, -0.1) is 0 Å². The average Bonchev–Trinajstić information content (AvgIpc) is 2.33. The van der Waals surface area contributed by atoms with Crippen LogP contribution in [0.4, 0.5) is 0 Å². The van der Waals surface area contributed by atoms with Crippen LogP contribution in [0, 0.1) is 5.92 Å². The van der Waals surface area contributed by atoms with Crippen LogP contribution in [0.1, 0.15) is 25.8 Å². The minimum absolute atomic E-state index is 0.0568. The van der Waals surface area contributed by atoms with E-state index in [-0.39, 0.29) is 11.8 Å². The molecule has 0 bridgehead atoms. The van der Waals surface area contributed by atoms with Crippen LogP contribution in [-0.2, 0) is 11.2 Å². The minimum Gasteiger partial charge on any atom is -0.386 e. The van der Waals surface area contributed by atoms with Gasteiger partial charge >= 0.3 is 0 Å². The molecule has 0 saturated carbocycles. The lowest BCUT2D eigenvalue weighted by molar-refractivity contribution is -0.163. The van der Waals surface area contributed by atoms with Crippen LogP contribution in [0.15, 0.2) is 18.2 Å². The van der Waals surface area contributed by atoms with Crippen LogP contribution in [0.3, 0.4) is 0 Å². The first-order chi connectivity index (χ1) is 9.32. The third-order valence-corrected chi connectivity index (χ3v) is 4.57. The van der Waals surface area contributed by atoms with Crippen LogP contribution >= 0.6 is 23.2 Å². The first-order valence-corrected chi connectivity index (χ1v) is 7.51. The molecule has 0 spiro atoms. The number of carbonyl (C=O) groups excluding carboxylic acids is 1. The second kappa shape index (κ2) is 5.92. The molecule has 0 aliphatic carbocycles. The Balaban J connectivity index is 1.85. The predicted molar refractivity (Wildman–Crippen MR) is 81.2 cm³/mol. The molecule has 1 heterocycles. The molecule has 1 aliphatic rings. The zero-order valence-electron chi connectivity index (χ0n) is 11.7. The lowest BCUT2D eigenvalue weighted by atomic mass is 9.83. The molecule has 110 valence electrons. The number of likely N-dealkylation sites (tertiary alicyclic amines) is 1. The fraction of sp³-hybridized carbons (Fsp3) is 0.533. The zero-order chi connectivity index (χ0) is 14.9. The summed E-state index contributed by atoms with van der Waals surface area (Å²) >= 11 is 11.9. The maximum Gasteiger partial charge on any atom is 0.223 e. The number of amides is 1. The molecule has 3 nitrogen and oxygen atoms in total. The number of nitrogens with zero attached hydrogens (tertiary/aromatic N) is 1. The lowest BCUT2D eigenvalue weighted by Gasteiger charge is -2.49. The molecule has 1 amide bonds. The monoisotopic (exact) mass is 315 g/mol. The van der Waals surface area contributed by atoms with Crippen molar-refractivity contribution in [3.8, 4) is 0 Å². The third-order valence-electron chi connectivity index (χ3n) is 3.98. The Hall–Kier alpha value is -0.770. The summed E-state index contributed by atoms with van der Waals surface area (Å²) in [5.74, 6) is 0.221. The van der Waals surface area contributed by atoms with Gasteiger partial charge in [-0.1, -0.05) is 43.1 Å². The van der Waals surface area contributed by atoms with Crippen molar-refractivity contribution in [1.29, 1.82) is 0 Å². The second-order valence-corrected chi connectivity index (χ2v) is 6.59. The minimum atomic E-state index is -0.715. The number of β-amino-alcohol motifs (C(OH)–C–C–N with tert-alkyl or cyclic N) is 1. The molecule has 1 N–H and O–H groups in total. The molecule has 2 rings (SSSR count). The molecule has 0 atom stereocenters. The molecule has 1 fully saturated rings. The number of benzene rings is 1. The fourth-order valence-corrected chi connectivity index (χ4v) is 2.78. The average molecular weight is 316 g/mol. The van der Waals surface area contributed by atoms with Gasteiger partial charge in [-0.05, 0) is 30.0 Å². The van der Waals surface area contributed by atoms with Gasteiger partial charge in [0.2, 0.25) is 5.91 Å². The molecule has 0 unspecified atom stereocenters. The van der Waals surface area contributed by atoms with Gasteiger partial charge in [0, 0.05) is 16.5 Å². The molecule has 1 aliphatic heterocycles. The summed E-state index contributed by atoms with van der Waals surface area (Å²) in [5, 5.41) is 11.3. The Morgan fingerprint density at radius 3 is 2.60 bits per heavy atom. The van der Waals surface area contributed by atoms with Crippen molar-refractivity contribution in [2.75, 3.05) is 13.1 Å². The fourth-order valence-electron chi connectivity index (χ4n) is 2.28. The highest BCUT2D eigenvalue weighted by Crippen LogP contribution is 2.29. The van der Waals surface area contributed by atoms with E-state index in [0.29, 0.717) is 36.0 Å².